The van der Waals surface area contributed by atoms with Gasteiger partial charge in [-0.2, -0.15) is 0 Å². The fourth-order valence-electron chi connectivity index (χ4n) is 2.94. The van der Waals surface area contributed by atoms with Crippen LogP contribution in [0.3, 0.4) is 0 Å². The molecule has 0 saturated heterocycles. The number of aromatic nitrogens is 4. The van der Waals surface area contributed by atoms with Crippen LogP contribution >= 0.6 is 0 Å². The molecule has 2 aromatic heterocycles. The average molecular weight is 508 g/mol. The predicted octanol–water partition coefficient (Wildman–Crippen LogP) is 1.35. The number of carbonyl (C=O) groups is 1. The second kappa shape index (κ2) is 10.0. The first kappa shape index (κ1) is 26.2. The Balaban J connectivity index is 1.71. The van der Waals surface area contributed by atoms with Crippen molar-refractivity contribution in [2.45, 2.75) is 39.5 Å². The molecule has 0 amide bonds. The van der Waals surface area contributed by atoms with Gasteiger partial charge in [0.15, 0.2) is 23.3 Å². The number of esters is 1. The number of nitrogens with zero attached hydrogens (tertiary/aromatic N) is 4. The van der Waals surface area contributed by atoms with Crippen LogP contribution in [0.5, 0.6) is 11.5 Å². The van der Waals surface area contributed by atoms with Gasteiger partial charge in [-0.25, -0.2) is 23.1 Å². The minimum absolute atomic E-state index is 0.00721. The highest BCUT2D eigenvalue weighted by atomic mass is 32.2. The first-order valence-electron chi connectivity index (χ1n) is 10.7. The zero-order chi connectivity index (χ0) is 26.0. The number of fused-ring (bicyclic) bond motifs is 1. The van der Waals surface area contributed by atoms with Crippen molar-refractivity contribution in [3.63, 3.8) is 0 Å². The van der Waals surface area contributed by atoms with Crippen LogP contribution in [0.4, 0.5) is 0 Å². The van der Waals surface area contributed by atoms with E-state index in [1.54, 1.807) is 39.3 Å². The number of benzene rings is 1. The maximum absolute atomic E-state index is 12.9. The molecule has 0 bridgehead atoms. The third-order valence-electron chi connectivity index (χ3n) is 5.07. The number of aryl methyl sites for hydroxylation is 2. The predicted molar refractivity (Wildman–Crippen MR) is 127 cm³/mol. The van der Waals surface area contributed by atoms with E-state index in [-0.39, 0.29) is 41.8 Å². The van der Waals surface area contributed by atoms with E-state index in [4.69, 9.17) is 14.2 Å². The monoisotopic (exact) mass is 507 g/mol. The fourth-order valence-corrected chi connectivity index (χ4v) is 3.99. The van der Waals surface area contributed by atoms with E-state index in [2.05, 4.69) is 14.7 Å². The summed E-state index contributed by atoms with van der Waals surface area (Å²) in [5.74, 6) is 0.682. The van der Waals surface area contributed by atoms with Crippen LogP contribution in [0.25, 0.3) is 10.9 Å². The number of rotatable bonds is 9. The number of hydrogen-bond donors (Lipinski definition) is 1. The molecule has 190 valence electrons. The Kier molecular flexibility index (Phi) is 7.50. The van der Waals surface area contributed by atoms with Crippen molar-refractivity contribution in [2.75, 3.05) is 20.3 Å². The lowest BCUT2D eigenvalue weighted by Gasteiger charge is -2.17. The molecular weight excluding hydrogens is 478 g/mol. The summed E-state index contributed by atoms with van der Waals surface area (Å²) >= 11 is 0. The summed E-state index contributed by atoms with van der Waals surface area (Å²) in [7, 11) is -0.661. The van der Waals surface area contributed by atoms with Crippen molar-refractivity contribution >= 4 is 26.9 Å². The zero-order valence-corrected chi connectivity index (χ0v) is 21.3. The number of carbonyl (C=O) groups excluding carboxylic acids is 1. The van der Waals surface area contributed by atoms with Gasteiger partial charge < -0.3 is 18.8 Å². The maximum atomic E-state index is 12.9. The minimum Gasteiger partial charge on any atom is -0.493 e. The largest absolute Gasteiger partial charge is 0.493 e. The van der Waals surface area contributed by atoms with Crippen LogP contribution in [0, 0.1) is 12.3 Å². The molecule has 13 heteroatoms. The van der Waals surface area contributed by atoms with Crippen LogP contribution in [0.2, 0.25) is 0 Å². The quantitative estimate of drug-likeness (QED) is 0.335. The van der Waals surface area contributed by atoms with Crippen LogP contribution in [0.1, 0.15) is 26.6 Å². The summed E-state index contributed by atoms with van der Waals surface area (Å²) in [5, 5.41) is 0.171. The second-order valence-corrected chi connectivity index (χ2v) is 10.5. The van der Waals surface area contributed by atoms with Gasteiger partial charge in [-0.15, -0.1) is 0 Å². The smallest absolute Gasteiger partial charge is 0.312 e. The summed E-state index contributed by atoms with van der Waals surface area (Å²) in [6, 6.07) is 3.00. The van der Waals surface area contributed by atoms with E-state index in [1.165, 1.54) is 36.3 Å². The van der Waals surface area contributed by atoms with Gasteiger partial charge in [0.25, 0.3) is 15.6 Å². The Morgan fingerprint density at radius 2 is 1.91 bits per heavy atom. The highest BCUT2D eigenvalue weighted by molar-refractivity contribution is 7.89. The van der Waals surface area contributed by atoms with Crippen molar-refractivity contribution in [2.24, 2.45) is 12.5 Å². The van der Waals surface area contributed by atoms with Crippen molar-refractivity contribution in [1.82, 2.24) is 23.8 Å². The summed E-state index contributed by atoms with van der Waals surface area (Å²) in [4.78, 5) is 33.1. The highest BCUT2D eigenvalue weighted by Gasteiger charge is 2.23. The van der Waals surface area contributed by atoms with E-state index in [9.17, 15) is 18.0 Å². The first-order valence-corrected chi connectivity index (χ1v) is 12.2. The lowest BCUT2D eigenvalue weighted by Crippen LogP contribution is -2.29. The van der Waals surface area contributed by atoms with E-state index in [1.807, 2.05) is 0 Å². The molecule has 0 radical (unpaired) electrons. The molecule has 35 heavy (non-hydrogen) atoms. The minimum atomic E-state index is -3.78. The molecule has 2 heterocycles. The van der Waals surface area contributed by atoms with Crippen LogP contribution in [-0.2, 0) is 33.3 Å². The second-order valence-electron chi connectivity index (χ2n) is 8.83. The Morgan fingerprint density at radius 3 is 2.51 bits per heavy atom. The molecule has 0 aliphatic carbocycles. The van der Waals surface area contributed by atoms with Crippen LogP contribution in [0.15, 0.2) is 34.5 Å². The number of imidazole rings is 1. The number of methoxy groups -OCH3 is 1. The summed E-state index contributed by atoms with van der Waals surface area (Å²) in [6.07, 6.45) is 2.70. The maximum Gasteiger partial charge on any atom is 0.312 e. The van der Waals surface area contributed by atoms with E-state index in [0.717, 1.165) is 0 Å². The van der Waals surface area contributed by atoms with Gasteiger partial charge in [0.1, 0.15) is 18.8 Å². The normalized spacial score (nSPS) is 12.1. The topological polar surface area (TPSA) is 144 Å². The van der Waals surface area contributed by atoms with Gasteiger partial charge in [-0.05, 0) is 33.8 Å². The van der Waals surface area contributed by atoms with E-state index < -0.39 is 27.0 Å². The van der Waals surface area contributed by atoms with Gasteiger partial charge in [0, 0.05) is 25.9 Å². The van der Waals surface area contributed by atoms with Gasteiger partial charge in [0.2, 0.25) is 0 Å². The van der Waals surface area contributed by atoms with Crippen LogP contribution in [-0.4, -0.2) is 53.8 Å². The zero-order valence-electron chi connectivity index (χ0n) is 20.5. The third kappa shape index (κ3) is 5.98. The number of sulfonamides is 1. The average Bonchev–Trinajstić information content (AvgIpc) is 3.14. The van der Waals surface area contributed by atoms with E-state index in [0.29, 0.717) is 11.3 Å². The Labute approximate surface area is 202 Å². The first-order chi connectivity index (χ1) is 16.3. The number of hydrogen-bond acceptors (Lipinski definition) is 9. The Hall–Kier alpha value is -3.45. The van der Waals surface area contributed by atoms with Crippen molar-refractivity contribution in [3.8, 4) is 11.5 Å². The molecule has 0 fully saturated rings. The molecule has 1 N–H and O–H groups in total. The van der Waals surface area contributed by atoms with Gasteiger partial charge in [0.05, 0.1) is 23.4 Å². The number of ether oxygens (including phenoxy) is 3. The van der Waals surface area contributed by atoms with Crippen LogP contribution < -0.4 is 19.8 Å². The highest BCUT2D eigenvalue weighted by Crippen LogP contribution is 2.30. The lowest BCUT2D eigenvalue weighted by atomic mass is 9.98. The molecule has 12 nitrogen and oxygen atoms in total. The molecule has 3 aromatic rings. The SMILES string of the molecule is COc1cc2c(=O)n(COC(=O)C(C)(C)C)cnc2cc1OCCNS(=O)(=O)c1cn(C)c(C)n1. The molecule has 0 unspecified atom stereocenters. The van der Waals surface area contributed by atoms with Crippen molar-refractivity contribution < 1.29 is 27.4 Å². The fraction of sp³-hybridized carbons (Fsp3) is 0.455. The molecular formula is C22H29N5O7S. The molecule has 3 rings (SSSR count). The van der Waals surface area contributed by atoms with Crippen molar-refractivity contribution in [3.05, 3.63) is 40.8 Å². The molecule has 0 spiro atoms. The Bertz CT molecular complexity index is 1380. The van der Waals surface area contributed by atoms with Gasteiger partial charge in [-0.1, -0.05) is 0 Å². The Morgan fingerprint density at radius 1 is 1.20 bits per heavy atom. The molecule has 0 atom stereocenters. The van der Waals surface area contributed by atoms with Gasteiger partial charge in [-0.3, -0.25) is 14.2 Å². The summed E-state index contributed by atoms with van der Waals surface area (Å²) in [6.45, 7) is 6.55. The third-order valence-corrected chi connectivity index (χ3v) is 6.40. The summed E-state index contributed by atoms with van der Waals surface area (Å²) in [5.41, 5.74) is -0.776. The number of nitrogens with one attached hydrogen (secondary N) is 1. The molecule has 0 aliphatic rings. The molecule has 0 aliphatic heterocycles. The van der Waals surface area contributed by atoms with Crippen molar-refractivity contribution in [1.29, 1.82) is 0 Å². The molecule has 0 saturated carbocycles. The van der Waals surface area contributed by atoms with Gasteiger partial charge >= 0.3 is 5.97 Å². The van der Waals surface area contributed by atoms with E-state index >= 15 is 0 Å². The lowest BCUT2D eigenvalue weighted by molar-refractivity contribution is -0.157. The molecule has 1 aromatic carbocycles. The summed E-state index contributed by atoms with van der Waals surface area (Å²) < 4.78 is 46.2. The standard InChI is InChI=1S/C22H29N5O7S/c1-14-25-19(11-26(14)5)35(30,31)24-7-8-33-18-10-16-15(9-17(18)32-6)20(28)27(12-23-16)13-34-21(29)22(2,3)4/h9-12,24H,7-8,13H2,1-6H3.